The Bertz CT molecular complexity index is 813. The van der Waals surface area contributed by atoms with Gasteiger partial charge in [0.15, 0.2) is 11.6 Å². The average molecular weight is 380 g/mol. The molecule has 1 atom stereocenters. The van der Waals surface area contributed by atoms with E-state index in [4.69, 9.17) is 9.47 Å². The fraction of sp³-hybridized carbons (Fsp3) is 0.600. The van der Waals surface area contributed by atoms with Crippen molar-refractivity contribution >= 4 is 16.8 Å². The molecule has 0 saturated heterocycles. The van der Waals surface area contributed by atoms with Crippen molar-refractivity contribution in [1.82, 2.24) is 9.55 Å². The molecular formula is C20H26F2N2O3. The Labute approximate surface area is 157 Å². The normalized spacial score (nSPS) is 21.4. The van der Waals surface area contributed by atoms with Gasteiger partial charge in [-0.2, -0.15) is 4.98 Å². The van der Waals surface area contributed by atoms with E-state index in [9.17, 15) is 13.6 Å². The van der Waals surface area contributed by atoms with Crippen molar-refractivity contribution in [3.63, 3.8) is 0 Å². The van der Waals surface area contributed by atoms with Crippen LogP contribution in [0.3, 0.4) is 0 Å². The van der Waals surface area contributed by atoms with Crippen molar-refractivity contribution in [3.05, 3.63) is 23.8 Å². The SMILES string of the molecule is CC(=O)C[C@@H](C)COC1CCC(Oc2nc3cc(F)c(F)cc3n2C)CC1. The fourth-order valence-electron chi connectivity index (χ4n) is 3.59. The topological polar surface area (TPSA) is 53.4 Å². The van der Waals surface area contributed by atoms with Gasteiger partial charge in [-0.05, 0) is 38.5 Å². The minimum atomic E-state index is -0.913. The van der Waals surface area contributed by atoms with Gasteiger partial charge >= 0.3 is 0 Å². The zero-order valence-corrected chi connectivity index (χ0v) is 16.0. The summed E-state index contributed by atoms with van der Waals surface area (Å²) in [6.45, 7) is 4.22. The van der Waals surface area contributed by atoms with E-state index < -0.39 is 11.6 Å². The minimum Gasteiger partial charge on any atom is -0.461 e. The summed E-state index contributed by atoms with van der Waals surface area (Å²) in [6.07, 6.45) is 4.16. The summed E-state index contributed by atoms with van der Waals surface area (Å²) in [7, 11) is 1.73. The number of nitrogens with zero attached hydrogens (tertiary/aromatic N) is 2. The van der Waals surface area contributed by atoms with Crippen LogP contribution in [0.15, 0.2) is 12.1 Å². The highest BCUT2D eigenvalue weighted by Crippen LogP contribution is 2.28. The van der Waals surface area contributed by atoms with Crippen LogP contribution in [0.1, 0.15) is 46.0 Å². The molecule has 5 nitrogen and oxygen atoms in total. The third-order valence-corrected chi connectivity index (χ3v) is 5.03. The lowest BCUT2D eigenvalue weighted by Gasteiger charge is -2.29. The summed E-state index contributed by atoms with van der Waals surface area (Å²) in [5.41, 5.74) is 0.878. The molecule has 3 rings (SSSR count). The second-order valence-electron chi connectivity index (χ2n) is 7.57. The minimum absolute atomic E-state index is 0.00435. The van der Waals surface area contributed by atoms with Crippen LogP contribution >= 0.6 is 0 Å². The van der Waals surface area contributed by atoms with Crippen LogP contribution in [0.4, 0.5) is 8.78 Å². The molecule has 0 unspecified atom stereocenters. The van der Waals surface area contributed by atoms with Crippen molar-refractivity contribution < 1.29 is 23.0 Å². The van der Waals surface area contributed by atoms with E-state index in [1.54, 1.807) is 18.5 Å². The van der Waals surface area contributed by atoms with E-state index in [0.717, 1.165) is 37.8 Å². The third-order valence-electron chi connectivity index (χ3n) is 5.03. The second kappa shape index (κ2) is 8.33. The third kappa shape index (κ3) is 4.83. The molecule has 148 valence electrons. The summed E-state index contributed by atoms with van der Waals surface area (Å²) in [5, 5.41) is 0. The Morgan fingerprint density at radius 1 is 1.22 bits per heavy atom. The predicted octanol–water partition coefficient (Wildman–Crippen LogP) is 4.17. The summed E-state index contributed by atoms with van der Waals surface area (Å²) in [4.78, 5) is 15.4. The molecule has 1 heterocycles. The van der Waals surface area contributed by atoms with E-state index in [-0.39, 0.29) is 23.9 Å². The first kappa shape index (κ1) is 19.7. The fourth-order valence-corrected chi connectivity index (χ4v) is 3.59. The Hall–Kier alpha value is -2.02. The Kier molecular flexibility index (Phi) is 6.09. The lowest BCUT2D eigenvalue weighted by molar-refractivity contribution is -0.118. The number of Topliss-reactive ketones (excluding diaryl/α,β-unsaturated/α-hetero) is 1. The number of imidazole rings is 1. The molecule has 1 aliphatic carbocycles. The Morgan fingerprint density at radius 3 is 2.52 bits per heavy atom. The quantitative estimate of drug-likeness (QED) is 0.723. The van der Waals surface area contributed by atoms with Gasteiger partial charge < -0.3 is 14.3 Å². The molecule has 1 aromatic carbocycles. The van der Waals surface area contributed by atoms with Crippen LogP contribution in [0.2, 0.25) is 0 Å². The highest BCUT2D eigenvalue weighted by molar-refractivity contribution is 5.77. The number of benzene rings is 1. The maximum atomic E-state index is 13.4. The molecular weight excluding hydrogens is 354 g/mol. The van der Waals surface area contributed by atoms with Crippen LogP contribution in [0, 0.1) is 17.6 Å². The molecule has 0 amide bonds. The monoisotopic (exact) mass is 380 g/mol. The number of carbonyl (C=O) groups excluding carboxylic acids is 1. The number of rotatable bonds is 7. The van der Waals surface area contributed by atoms with E-state index in [2.05, 4.69) is 4.98 Å². The first-order chi connectivity index (χ1) is 12.8. The van der Waals surface area contributed by atoms with Crippen LogP contribution in [0.25, 0.3) is 11.0 Å². The lowest BCUT2D eigenvalue weighted by Crippen LogP contribution is -2.30. The van der Waals surface area contributed by atoms with Crippen molar-refractivity contribution in [2.45, 2.75) is 58.2 Å². The molecule has 0 radical (unpaired) electrons. The molecule has 1 fully saturated rings. The molecule has 1 aliphatic rings. The van der Waals surface area contributed by atoms with Gasteiger partial charge in [-0.3, -0.25) is 4.57 Å². The van der Waals surface area contributed by atoms with E-state index in [1.807, 2.05) is 6.92 Å². The molecule has 0 spiro atoms. The summed E-state index contributed by atoms with van der Waals surface area (Å²) < 4.78 is 40.4. The largest absolute Gasteiger partial charge is 0.461 e. The summed E-state index contributed by atoms with van der Waals surface area (Å²) in [5.74, 6) is -1.39. The van der Waals surface area contributed by atoms with Gasteiger partial charge in [0.1, 0.15) is 11.9 Å². The summed E-state index contributed by atoms with van der Waals surface area (Å²) >= 11 is 0. The van der Waals surface area contributed by atoms with Crippen LogP contribution in [0.5, 0.6) is 6.01 Å². The van der Waals surface area contributed by atoms with Crippen LogP contribution < -0.4 is 4.74 Å². The molecule has 2 aromatic rings. The lowest BCUT2D eigenvalue weighted by atomic mass is 9.95. The average Bonchev–Trinajstić information content (AvgIpc) is 2.89. The van der Waals surface area contributed by atoms with Gasteiger partial charge in [0.05, 0.1) is 17.1 Å². The zero-order chi connectivity index (χ0) is 19.6. The first-order valence-corrected chi connectivity index (χ1v) is 9.42. The van der Waals surface area contributed by atoms with Crippen molar-refractivity contribution in [3.8, 4) is 6.01 Å². The van der Waals surface area contributed by atoms with Crippen LogP contribution in [-0.2, 0) is 16.6 Å². The standard InChI is InChI=1S/C20H26F2N2O3/c1-12(8-13(2)25)11-26-14-4-6-15(7-5-14)27-20-23-18-9-16(21)17(22)10-19(18)24(20)3/h9-10,12,14-15H,4-8,11H2,1-3H3/t12-,14?,15?/m1/s1. The van der Waals surface area contributed by atoms with Gasteiger partial charge in [-0.25, -0.2) is 8.78 Å². The summed E-state index contributed by atoms with van der Waals surface area (Å²) in [6, 6.07) is 2.59. The zero-order valence-electron chi connectivity index (χ0n) is 16.0. The second-order valence-corrected chi connectivity index (χ2v) is 7.57. The number of halogens is 2. The first-order valence-electron chi connectivity index (χ1n) is 9.42. The number of carbonyl (C=O) groups is 1. The highest BCUT2D eigenvalue weighted by atomic mass is 19.2. The maximum absolute atomic E-state index is 13.4. The van der Waals surface area contributed by atoms with Gasteiger partial charge in [0.2, 0.25) is 0 Å². The van der Waals surface area contributed by atoms with Crippen molar-refractivity contribution in [1.29, 1.82) is 0 Å². The van der Waals surface area contributed by atoms with Gasteiger partial charge in [0.25, 0.3) is 6.01 Å². The maximum Gasteiger partial charge on any atom is 0.297 e. The molecule has 7 heteroatoms. The highest BCUT2D eigenvalue weighted by Gasteiger charge is 2.25. The number of hydrogen-bond acceptors (Lipinski definition) is 4. The predicted molar refractivity (Wildman–Crippen MR) is 97.7 cm³/mol. The number of aromatic nitrogens is 2. The van der Waals surface area contributed by atoms with Gasteiger partial charge in [0, 0.05) is 32.2 Å². The molecule has 27 heavy (non-hydrogen) atoms. The van der Waals surface area contributed by atoms with Crippen LogP contribution in [-0.4, -0.2) is 34.1 Å². The number of hydrogen-bond donors (Lipinski definition) is 0. The van der Waals surface area contributed by atoms with Crippen molar-refractivity contribution in [2.24, 2.45) is 13.0 Å². The van der Waals surface area contributed by atoms with E-state index >= 15 is 0 Å². The van der Waals surface area contributed by atoms with Gasteiger partial charge in [-0.15, -0.1) is 0 Å². The van der Waals surface area contributed by atoms with E-state index in [1.165, 1.54) is 0 Å². The molecule has 1 saturated carbocycles. The Morgan fingerprint density at radius 2 is 1.85 bits per heavy atom. The number of ether oxygens (including phenoxy) is 2. The number of ketones is 1. The number of fused-ring (bicyclic) bond motifs is 1. The molecule has 1 aromatic heterocycles. The molecule has 0 aliphatic heterocycles. The molecule has 0 N–H and O–H groups in total. The van der Waals surface area contributed by atoms with Crippen molar-refractivity contribution in [2.75, 3.05) is 6.61 Å². The van der Waals surface area contributed by atoms with Gasteiger partial charge in [-0.1, -0.05) is 6.92 Å². The van der Waals surface area contributed by atoms with E-state index in [0.29, 0.717) is 30.1 Å². The Balaban J connectivity index is 1.53. The number of aryl methyl sites for hydroxylation is 1. The smallest absolute Gasteiger partial charge is 0.297 e. The molecule has 0 bridgehead atoms.